The summed E-state index contributed by atoms with van der Waals surface area (Å²) in [6, 6.07) is 10.1. The molecule has 1 aliphatic heterocycles. The van der Waals surface area contributed by atoms with Gasteiger partial charge in [-0.25, -0.2) is 9.37 Å². The maximum atomic E-state index is 13.3. The van der Waals surface area contributed by atoms with Gasteiger partial charge in [-0.1, -0.05) is 18.2 Å². The van der Waals surface area contributed by atoms with Gasteiger partial charge < -0.3 is 5.32 Å². The third kappa shape index (κ3) is 5.10. The Bertz CT molecular complexity index is 931. The van der Waals surface area contributed by atoms with Crippen LogP contribution in [-0.2, 0) is 11.3 Å². The van der Waals surface area contributed by atoms with Crippen LogP contribution in [0.1, 0.15) is 40.0 Å². The predicted octanol–water partition coefficient (Wildman–Crippen LogP) is 4.77. The quantitative estimate of drug-likeness (QED) is 0.614. The van der Waals surface area contributed by atoms with E-state index in [-0.39, 0.29) is 23.7 Å². The van der Waals surface area contributed by atoms with E-state index in [0.717, 1.165) is 53.6 Å². The Balaban J connectivity index is 1.37. The fourth-order valence-corrected chi connectivity index (χ4v) is 5.16. The van der Waals surface area contributed by atoms with Crippen molar-refractivity contribution in [2.75, 3.05) is 13.1 Å². The van der Waals surface area contributed by atoms with Crippen LogP contribution in [-0.4, -0.2) is 28.9 Å². The molecule has 152 valence electrons. The highest BCUT2D eigenvalue weighted by Gasteiger charge is 2.28. The number of carbonyl (C=O) groups is 1. The first kappa shape index (κ1) is 20.2. The van der Waals surface area contributed by atoms with Gasteiger partial charge in [0.15, 0.2) is 0 Å². The number of hydrogen-bond acceptors (Lipinski definition) is 5. The van der Waals surface area contributed by atoms with Crippen molar-refractivity contribution in [3.63, 3.8) is 0 Å². The van der Waals surface area contributed by atoms with Crippen molar-refractivity contribution in [1.82, 2.24) is 15.2 Å². The normalized spacial score (nSPS) is 16.6. The zero-order valence-corrected chi connectivity index (χ0v) is 17.9. The lowest BCUT2D eigenvalue weighted by Gasteiger charge is -2.31. The lowest BCUT2D eigenvalue weighted by Crippen LogP contribution is -2.41. The fourth-order valence-electron chi connectivity index (χ4n) is 3.75. The molecule has 1 unspecified atom stereocenters. The molecule has 1 amide bonds. The first-order valence-electron chi connectivity index (χ1n) is 9.81. The van der Waals surface area contributed by atoms with E-state index in [1.165, 1.54) is 12.1 Å². The van der Waals surface area contributed by atoms with E-state index in [9.17, 15) is 9.18 Å². The van der Waals surface area contributed by atoms with E-state index in [4.69, 9.17) is 0 Å². The first-order valence-corrected chi connectivity index (χ1v) is 11.6. The summed E-state index contributed by atoms with van der Waals surface area (Å²) in [6.07, 6.45) is 1.69. The summed E-state index contributed by atoms with van der Waals surface area (Å²) >= 11 is 3.28. The van der Waals surface area contributed by atoms with Gasteiger partial charge in [0.25, 0.3) is 0 Å². The molecule has 0 saturated carbocycles. The molecule has 29 heavy (non-hydrogen) atoms. The largest absolute Gasteiger partial charge is 0.344 e. The standard InChI is InChI=1S/C22H24FN3OS2/c1-15-24-19(14-29-15)13-26-10-8-17(9-11-26)22(27)25-21(20-3-2-12-28-20)16-4-6-18(23)7-5-16/h2-7,12,14,17,21H,8-11,13H2,1H3,(H,25,27). The topological polar surface area (TPSA) is 45.2 Å². The number of likely N-dealkylation sites (tertiary alicyclic amines) is 1. The Morgan fingerprint density at radius 1 is 1.24 bits per heavy atom. The Hall–Kier alpha value is -2.09. The van der Waals surface area contributed by atoms with Gasteiger partial charge in [-0.05, 0) is 62.0 Å². The SMILES string of the molecule is Cc1nc(CN2CCC(C(=O)NC(c3ccc(F)cc3)c3cccs3)CC2)cs1. The van der Waals surface area contributed by atoms with Crippen LogP contribution in [0.4, 0.5) is 4.39 Å². The number of halogens is 1. The Kier molecular flexibility index (Phi) is 6.37. The summed E-state index contributed by atoms with van der Waals surface area (Å²) in [5, 5.41) is 8.42. The third-order valence-electron chi connectivity index (χ3n) is 5.33. The van der Waals surface area contributed by atoms with Crippen LogP contribution in [0.5, 0.6) is 0 Å². The Labute approximate surface area is 178 Å². The summed E-state index contributed by atoms with van der Waals surface area (Å²) < 4.78 is 13.3. The minimum Gasteiger partial charge on any atom is -0.344 e. The van der Waals surface area contributed by atoms with Crippen LogP contribution in [0.15, 0.2) is 47.2 Å². The Morgan fingerprint density at radius 3 is 2.62 bits per heavy atom. The number of nitrogens with one attached hydrogen (secondary N) is 1. The highest BCUT2D eigenvalue weighted by Crippen LogP contribution is 2.28. The van der Waals surface area contributed by atoms with Gasteiger partial charge in [-0.15, -0.1) is 22.7 Å². The molecule has 1 N–H and O–H groups in total. The highest BCUT2D eigenvalue weighted by atomic mass is 32.1. The zero-order valence-electron chi connectivity index (χ0n) is 16.3. The van der Waals surface area contributed by atoms with E-state index in [1.807, 2.05) is 24.4 Å². The van der Waals surface area contributed by atoms with Gasteiger partial charge in [-0.3, -0.25) is 9.69 Å². The number of aryl methyl sites for hydroxylation is 1. The molecule has 1 atom stereocenters. The summed E-state index contributed by atoms with van der Waals surface area (Å²) in [4.78, 5) is 21.0. The highest BCUT2D eigenvalue weighted by molar-refractivity contribution is 7.10. The van der Waals surface area contributed by atoms with Crippen molar-refractivity contribution in [3.05, 3.63) is 74.1 Å². The van der Waals surface area contributed by atoms with Crippen LogP contribution in [0.25, 0.3) is 0 Å². The van der Waals surface area contributed by atoms with Gasteiger partial charge in [0.1, 0.15) is 5.82 Å². The average Bonchev–Trinajstić information content (AvgIpc) is 3.39. The van der Waals surface area contributed by atoms with E-state index in [1.54, 1.807) is 34.8 Å². The molecule has 1 aliphatic rings. The monoisotopic (exact) mass is 429 g/mol. The van der Waals surface area contributed by atoms with Crippen molar-refractivity contribution in [1.29, 1.82) is 0 Å². The molecule has 0 spiro atoms. The molecule has 1 saturated heterocycles. The van der Waals surface area contributed by atoms with Crippen LogP contribution in [0.3, 0.4) is 0 Å². The van der Waals surface area contributed by atoms with Crippen molar-refractivity contribution < 1.29 is 9.18 Å². The van der Waals surface area contributed by atoms with Crippen molar-refractivity contribution in [3.8, 4) is 0 Å². The summed E-state index contributed by atoms with van der Waals surface area (Å²) in [5.74, 6) is -0.184. The van der Waals surface area contributed by atoms with Crippen LogP contribution < -0.4 is 5.32 Å². The molecule has 4 rings (SSSR count). The van der Waals surface area contributed by atoms with Gasteiger partial charge in [-0.2, -0.15) is 0 Å². The van der Waals surface area contributed by atoms with Crippen molar-refractivity contribution >= 4 is 28.6 Å². The second-order valence-electron chi connectivity index (χ2n) is 7.42. The number of nitrogens with zero attached hydrogens (tertiary/aromatic N) is 2. The Morgan fingerprint density at radius 2 is 2.00 bits per heavy atom. The molecule has 0 radical (unpaired) electrons. The summed E-state index contributed by atoms with van der Waals surface area (Å²) in [7, 11) is 0. The van der Waals surface area contributed by atoms with Crippen LogP contribution in [0.2, 0.25) is 0 Å². The predicted molar refractivity (Wildman–Crippen MR) is 116 cm³/mol. The molecule has 1 fully saturated rings. The number of carbonyl (C=O) groups excluding carboxylic acids is 1. The number of aromatic nitrogens is 1. The molecule has 4 nitrogen and oxygen atoms in total. The van der Waals surface area contributed by atoms with Gasteiger partial charge in [0, 0.05) is 22.7 Å². The van der Waals surface area contributed by atoms with Crippen molar-refractivity contribution in [2.24, 2.45) is 5.92 Å². The number of thiazole rings is 1. The fraction of sp³-hybridized carbons (Fsp3) is 0.364. The second-order valence-corrected chi connectivity index (χ2v) is 9.46. The average molecular weight is 430 g/mol. The molecular formula is C22H24FN3OS2. The zero-order chi connectivity index (χ0) is 20.2. The molecule has 0 aliphatic carbocycles. The minimum atomic E-state index is -0.271. The molecular weight excluding hydrogens is 405 g/mol. The minimum absolute atomic E-state index is 0.00586. The van der Waals surface area contributed by atoms with Crippen LogP contribution in [0, 0.1) is 18.7 Å². The van der Waals surface area contributed by atoms with Gasteiger partial charge in [0.05, 0.1) is 16.7 Å². The molecule has 1 aromatic carbocycles. The van der Waals surface area contributed by atoms with Crippen LogP contribution >= 0.6 is 22.7 Å². The number of benzene rings is 1. The number of rotatable bonds is 6. The number of thiophene rings is 1. The second kappa shape index (κ2) is 9.15. The number of hydrogen-bond donors (Lipinski definition) is 1. The van der Waals surface area contributed by atoms with Gasteiger partial charge in [0.2, 0.25) is 5.91 Å². The summed E-state index contributed by atoms with van der Waals surface area (Å²) in [5.41, 5.74) is 2.02. The lowest BCUT2D eigenvalue weighted by molar-refractivity contribution is -0.127. The lowest BCUT2D eigenvalue weighted by atomic mass is 9.94. The first-order chi connectivity index (χ1) is 14.1. The maximum Gasteiger partial charge on any atom is 0.223 e. The summed E-state index contributed by atoms with van der Waals surface area (Å²) in [6.45, 7) is 4.67. The van der Waals surface area contributed by atoms with E-state index < -0.39 is 0 Å². The molecule has 0 bridgehead atoms. The molecule has 7 heteroatoms. The van der Waals surface area contributed by atoms with Crippen molar-refractivity contribution in [2.45, 2.75) is 32.4 Å². The van der Waals surface area contributed by atoms with E-state index in [0.29, 0.717) is 0 Å². The molecule has 3 aromatic rings. The van der Waals surface area contributed by atoms with E-state index >= 15 is 0 Å². The molecule has 2 aromatic heterocycles. The molecule has 3 heterocycles. The number of amides is 1. The third-order valence-corrected chi connectivity index (χ3v) is 7.09. The maximum absolute atomic E-state index is 13.3. The smallest absolute Gasteiger partial charge is 0.223 e. The van der Waals surface area contributed by atoms with Gasteiger partial charge >= 0.3 is 0 Å². The number of piperidine rings is 1. The van der Waals surface area contributed by atoms with E-state index in [2.05, 4.69) is 20.6 Å².